The first-order valence-electron chi connectivity index (χ1n) is 8.34. The van der Waals surface area contributed by atoms with Crippen LogP contribution in [0.5, 0.6) is 0 Å². The summed E-state index contributed by atoms with van der Waals surface area (Å²) < 4.78 is 1.35. The van der Waals surface area contributed by atoms with Crippen LogP contribution in [0, 0.1) is 6.92 Å². The van der Waals surface area contributed by atoms with Crippen molar-refractivity contribution < 1.29 is 9.28 Å². The molecule has 1 aromatic carbocycles. The highest BCUT2D eigenvalue weighted by atomic mass is 16.1. The lowest BCUT2D eigenvalue weighted by atomic mass is 10.1. The summed E-state index contributed by atoms with van der Waals surface area (Å²) in [4.78, 5) is 14.7. The summed E-state index contributed by atoms with van der Waals surface area (Å²) in [6.45, 7) is 10.7. The van der Waals surface area contributed by atoms with Gasteiger partial charge < -0.3 is 4.48 Å². The number of benzene rings is 1. The molecule has 0 unspecified atom stereocenters. The fourth-order valence-corrected chi connectivity index (χ4v) is 3.75. The van der Waals surface area contributed by atoms with Crippen molar-refractivity contribution in [3.05, 3.63) is 35.4 Å². The summed E-state index contributed by atoms with van der Waals surface area (Å²) in [6, 6.07) is 7.96. The molecule has 1 spiro atoms. The van der Waals surface area contributed by atoms with E-state index in [4.69, 9.17) is 0 Å². The Labute approximate surface area is 128 Å². The average molecular weight is 287 g/mol. The number of piperazine rings is 1. The number of hydrogen-bond donors (Lipinski definition) is 0. The van der Waals surface area contributed by atoms with Gasteiger partial charge in [-0.05, 0) is 6.92 Å². The lowest BCUT2D eigenvalue weighted by Gasteiger charge is -2.42. The molecule has 0 aromatic heterocycles. The van der Waals surface area contributed by atoms with Gasteiger partial charge in [0.15, 0.2) is 5.78 Å². The Bertz CT molecular complexity index is 478. The lowest BCUT2D eigenvalue weighted by molar-refractivity contribution is -0.920. The Balaban J connectivity index is 1.45. The highest BCUT2D eigenvalue weighted by Crippen LogP contribution is 2.22. The van der Waals surface area contributed by atoms with E-state index in [0.29, 0.717) is 6.42 Å². The average Bonchev–Trinajstić information content (AvgIpc) is 2.95. The number of quaternary nitrogens is 1. The zero-order valence-corrected chi connectivity index (χ0v) is 13.2. The molecule has 0 saturated carbocycles. The SMILES string of the molecule is Cc1ccc(C(=O)CCN2CC[N+]3(CCCC3)CC2)cc1. The number of aryl methyl sites for hydroxylation is 1. The fourth-order valence-electron chi connectivity index (χ4n) is 3.75. The van der Waals surface area contributed by atoms with E-state index in [1.54, 1.807) is 0 Å². The molecule has 3 heteroatoms. The molecule has 21 heavy (non-hydrogen) atoms. The molecule has 0 amide bonds. The van der Waals surface area contributed by atoms with Crippen molar-refractivity contribution in [2.24, 2.45) is 0 Å². The van der Waals surface area contributed by atoms with Crippen LogP contribution in [0.4, 0.5) is 0 Å². The monoisotopic (exact) mass is 287 g/mol. The molecule has 2 aliphatic heterocycles. The van der Waals surface area contributed by atoms with Gasteiger partial charge in [0.25, 0.3) is 0 Å². The second-order valence-electron chi connectivity index (χ2n) is 6.82. The van der Waals surface area contributed by atoms with E-state index in [-0.39, 0.29) is 5.78 Å². The van der Waals surface area contributed by atoms with Crippen molar-refractivity contribution in [2.45, 2.75) is 26.2 Å². The fraction of sp³-hybridized carbons (Fsp3) is 0.611. The quantitative estimate of drug-likeness (QED) is 0.626. The molecule has 2 heterocycles. The highest BCUT2D eigenvalue weighted by Gasteiger charge is 2.35. The maximum absolute atomic E-state index is 12.2. The topological polar surface area (TPSA) is 20.3 Å². The minimum Gasteiger partial charge on any atom is -0.321 e. The molecule has 0 atom stereocenters. The molecule has 0 bridgehead atoms. The summed E-state index contributed by atoms with van der Waals surface area (Å²) >= 11 is 0. The van der Waals surface area contributed by atoms with Crippen LogP contribution in [0.25, 0.3) is 0 Å². The van der Waals surface area contributed by atoms with E-state index < -0.39 is 0 Å². The van der Waals surface area contributed by atoms with Crippen LogP contribution in [-0.4, -0.2) is 61.0 Å². The van der Waals surface area contributed by atoms with Crippen LogP contribution in [0.3, 0.4) is 0 Å². The van der Waals surface area contributed by atoms with Gasteiger partial charge in [-0.15, -0.1) is 0 Å². The minimum absolute atomic E-state index is 0.283. The first kappa shape index (κ1) is 14.7. The lowest BCUT2D eigenvalue weighted by Crippen LogP contribution is -2.58. The molecule has 0 radical (unpaired) electrons. The van der Waals surface area contributed by atoms with Crippen molar-refractivity contribution in [3.63, 3.8) is 0 Å². The molecular formula is C18H27N2O+. The van der Waals surface area contributed by atoms with Crippen molar-refractivity contribution in [3.8, 4) is 0 Å². The van der Waals surface area contributed by atoms with Crippen molar-refractivity contribution in [1.82, 2.24) is 4.90 Å². The first-order chi connectivity index (χ1) is 10.2. The van der Waals surface area contributed by atoms with Gasteiger partial charge in [0.05, 0.1) is 26.2 Å². The zero-order chi connectivity index (χ0) is 14.7. The Morgan fingerprint density at radius 2 is 1.67 bits per heavy atom. The van der Waals surface area contributed by atoms with Crippen molar-refractivity contribution >= 4 is 5.78 Å². The smallest absolute Gasteiger partial charge is 0.164 e. The molecule has 2 saturated heterocycles. The third-order valence-corrected chi connectivity index (χ3v) is 5.32. The maximum Gasteiger partial charge on any atom is 0.164 e. The number of carbonyl (C=O) groups excluding carboxylic acids is 1. The summed E-state index contributed by atoms with van der Waals surface area (Å²) in [6.07, 6.45) is 3.47. The molecule has 1 aromatic rings. The maximum atomic E-state index is 12.2. The van der Waals surface area contributed by atoms with Crippen molar-refractivity contribution in [2.75, 3.05) is 45.8 Å². The van der Waals surface area contributed by atoms with Crippen LogP contribution in [0.15, 0.2) is 24.3 Å². The molecule has 2 aliphatic rings. The molecule has 3 rings (SSSR count). The van der Waals surface area contributed by atoms with E-state index in [1.165, 1.54) is 62.2 Å². The van der Waals surface area contributed by atoms with Gasteiger partial charge in [-0.25, -0.2) is 0 Å². The standard InChI is InChI=1S/C18H27N2O/c1-16-4-6-17(7-5-16)18(21)8-9-19-10-14-20(15-11-19)12-2-3-13-20/h4-7H,2-3,8-15H2,1H3/q+1. The van der Waals surface area contributed by atoms with E-state index >= 15 is 0 Å². The number of ketones is 1. The second-order valence-corrected chi connectivity index (χ2v) is 6.82. The molecule has 2 fully saturated rings. The Morgan fingerprint density at radius 3 is 2.29 bits per heavy atom. The largest absolute Gasteiger partial charge is 0.321 e. The van der Waals surface area contributed by atoms with Gasteiger partial charge in [0.1, 0.15) is 0 Å². The summed E-state index contributed by atoms with van der Waals surface area (Å²) in [5.74, 6) is 0.283. The summed E-state index contributed by atoms with van der Waals surface area (Å²) in [7, 11) is 0. The number of Topliss-reactive ketones (excluding diaryl/α,β-unsaturated/α-hetero) is 1. The third-order valence-electron chi connectivity index (χ3n) is 5.32. The normalized spacial score (nSPS) is 21.8. The van der Waals surface area contributed by atoms with E-state index in [9.17, 15) is 4.79 Å². The number of nitrogens with zero attached hydrogens (tertiary/aromatic N) is 2. The van der Waals surface area contributed by atoms with Crippen molar-refractivity contribution in [1.29, 1.82) is 0 Å². The number of carbonyl (C=O) groups is 1. The Morgan fingerprint density at radius 1 is 1.05 bits per heavy atom. The minimum atomic E-state index is 0.283. The Kier molecular flexibility index (Phi) is 4.41. The Hall–Kier alpha value is -1.19. The molecule has 114 valence electrons. The van der Waals surface area contributed by atoms with E-state index in [0.717, 1.165) is 12.1 Å². The second kappa shape index (κ2) is 6.29. The van der Waals surface area contributed by atoms with Crippen LogP contribution < -0.4 is 0 Å². The van der Waals surface area contributed by atoms with Gasteiger partial charge in [-0.3, -0.25) is 9.69 Å². The van der Waals surface area contributed by atoms with Gasteiger partial charge in [-0.2, -0.15) is 0 Å². The van der Waals surface area contributed by atoms with Gasteiger partial charge in [-0.1, -0.05) is 29.8 Å². The van der Waals surface area contributed by atoms with Gasteiger partial charge in [0.2, 0.25) is 0 Å². The molecule has 0 aliphatic carbocycles. The number of hydrogen-bond acceptors (Lipinski definition) is 2. The van der Waals surface area contributed by atoms with Gasteiger partial charge >= 0.3 is 0 Å². The van der Waals surface area contributed by atoms with E-state index in [1.807, 2.05) is 24.3 Å². The van der Waals surface area contributed by atoms with Crippen LogP contribution in [0.2, 0.25) is 0 Å². The zero-order valence-electron chi connectivity index (χ0n) is 13.2. The summed E-state index contributed by atoms with van der Waals surface area (Å²) in [5, 5.41) is 0. The van der Waals surface area contributed by atoms with Crippen LogP contribution in [-0.2, 0) is 0 Å². The summed E-state index contributed by atoms with van der Waals surface area (Å²) in [5.41, 5.74) is 2.07. The molecule has 3 nitrogen and oxygen atoms in total. The molecular weight excluding hydrogens is 260 g/mol. The third kappa shape index (κ3) is 3.53. The molecule has 0 N–H and O–H groups in total. The van der Waals surface area contributed by atoms with E-state index in [2.05, 4.69) is 11.8 Å². The van der Waals surface area contributed by atoms with Gasteiger partial charge in [0, 0.05) is 44.5 Å². The van der Waals surface area contributed by atoms with Crippen LogP contribution in [0.1, 0.15) is 35.2 Å². The number of rotatable bonds is 4. The van der Waals surface area contributed by atoms with Crippen LogP contribution >= 0.6 is 0 Å². The predicted molar refractivity (Wildman–Crippen MR) is 85.5 cm³/mol. The highest BCUT2D eigenvalue weighted by molar-refractivity contribution is 5.96. The first-order valence-corrected chi connectivity index (χ1v) is 8.34. The predicted octanol–water partition coefficient (Wildman–Crippen LogP) is 2.49.